The van der Waals surface area contributed by atoms with E-state index in [0.717, 1.165) is 45.0 Å². The Kier molecular flexibility index (Phi) is 9.94. The van der Waals surface area contributed by atoms with Crippen molar-refractivity contribution in [2.75, 3.05) is 9.80 Å². The second-order valence-corrected chi connectivity index (χ2v) is 18.8. The van der Waals surface area contributed by atoms with Crippen LogP contribution in [0, 0.1) is 18.8 Å². The number of hydrogen-bond donors (Lipinski definition) is 0. The third-order valence-corrected chi connectivity index (χ3v) is 11.4. The summed E-state index contributed by atoms with van der Waals surface area (Å²) in [7, 11) is 0. The number of aromatic nitrogens is 2. The number of nitrogens with zero attached hydrogens (tertiary/aromatic N) is 4. The van der Waals surface area contributed by atoms with Crippen LogP contribution in [0.2, 0.25) is 0 Å². The SMILES string of the molecule is CC(C)(C)c1cc(N2[CH-]N(c3ccccc3C(C)(C)C)c3ccccc32)[c-]c(C(C)(C)c2[c-]c3c(cc2)c2ccccc2n3-c2cc(C(C)(C)C)ccn2)c1.[Pt]. The molecule has 4 nitrogen and oxygen atoms in total. The molecule has 0 fully saturated rings. The number of benzene rings is 5. The van der Waals surface area contributed by atoms with E-state index in [-0.39, 0.29) is 37.3 Å². The molecule has 0 bridgehead atoms. The zero-order valence-corrected chi connectivity index (χ0v) is 36.9. The standard InChI is InChI=1S/C51H53N4.Pt/c1-48(2,3)34-26-27-52-47(32-34)55-42-20-14-12-18-39(42)40-25-24-35(31-46(40)55)51(10,11)37-28-36(49(4,5)6)29-38(30-37)53-33-54(45-23-17-16-22-44(45)53)43-21-15-13-19-41(43)50(7,8)9;/h12-29,32-33H,1-11H3;/q-3;. The van der Waals surface area contributed by atoms with Crippen molar-refractivity contribution in [2.24, 2.45) is 0 Å². The number of fused-ring (bicyclic) bond motifs is 4. The second kappa shape index (κ2) is 14.1. The Bertz CT molecular complexity index is 2570. The van der Waals surface area contributed by atoms with Gasteiger partial charge in [0.15, 0.2) is 0 Å². The molecule has 1 aliphatic rings. The van der Waals surface area contributed by atoms with Crippen molar-refractivity contribution < 1.29 is 21.1 Å². The molecule has 0 radical (unpaired) electrons. The Morgan fingerprint density at radius 1 is 0.536 bits per heavy atom. The van der Waals surface area contributed by atoms with Crippen molar-refractivity contribution in [3.8, 4) is 5.82 Å². The van der Waals surface area contributed by atoms with E-state index in [1.165, 1.54) is 33.2 Å². The molecule has 5 aromatic carbocycles. The van der Waals surface area contributed by atoms with Gasteiger partial charge in [0.25, 0.3) is 0 Å². The summed E-state index contributed by atoms with van der Waals surface area (Å²) in [4.78, 5) is 9.60. The predicted molar refractivity (Wildman–Crippen MR) is 232 cm³/mol. The van der Waals surface area contributed by atoms with Gasteiger partial charge in [-0.3, -0.25) is 0 Å². The van der Waals surface area contributed by atoms with E-state index in [1.54, 1.807) is 0 Å². The molecule has 0 unspecified atom stereocenters. The fourth-order valence-corrected chi connectivity index (χ4v) is 7.91. The molecule has 0 aliphatic carbocycles. The van der Waals surface area contributed by atoms with Crippen LogP contribution < -0.4 is 9.80 Å². The Balaban J connectivity index is 0.00000480. The van der Waals surface area contributed by atoms with E-state index in [9.17, 15) is 0 Å². The molecule has 1 aliphatic heterocycles. The average molecular weight is 917 g/mol. The maximum atomic E-state index is 4.93. The first-order chi connectivity index (χ1) is 25.9. The van der Waals surface area contributed by atoms with Gasteiger partial charge in [0.1, 0.15) is 5.82 Å². The fraction of sp³-hybridized carbons (Fsp3) is 0.294. The second-order valence-electron chi connectivity index (χ2n) is 18.8. The van der Waals surface area contributed by atoms with Gasteiger partial charge in [-0.2, -0.15) is 47.0 Å². The molecule has 290 valence electrons. The van der Waals surface area contributed by atoms with Gasteiger partial charge in [-0.1, -0.05) is 130 Å². The van der Waals surface area contributed by atoms with Crippen LogP contribution in [0.15, 0.2) is 115 Å². The molecule has 3 heterocycles. The quantitative estimate of drug-likeness (QED) is 0.161. The van der Waals surface area contributed by atoms with Crippen molar-refractivity contribution in [2.45, 2.75) is 97.8 Å². The summed E-state index contributed by atoms with van der Waals surface area (Å²) >= 11 is 0. The normalized spacial score (nSPS) is 13.7. The van der Waals surface area contributed by atoms with Crippen LogP contribution in [-0.4, -0.2) is 9.55 Å². The Morgan fingerprint density at radius 3 is 1.84 bits per heavy atom. The van der Waals surface area contributed by atoms with Gasteiger partial charge >= 0.3 is 0 Å². The van der Waals surface area contributed by atoms with Gasteiger partial charge < -0.3 is 14.4 Å². The molecule has 0 spiro atoms. The maximum Gasteiger partial charge on any atom is 0.135 e. The number of rotatable bonds is 5. The zero-order chi connectivity index (χ0) is 39.1. The summed E-state index contributed by atoms with van der Waals surface area (Å²) < 4.78 is 2.29. The number of anilines is 4. The summed E-state index contributed by atoms with van der Waals surface area (Å²) in [5.41, 5.74) is 12.2. The summed E-state index contributed by atoms with van der Waals surface area (Å²) in [5.74, 6) is 0.911. The van der Waals surface area contributed by atoms with Crippen LogP contribution in [0.5, 0.6) is 0 Å². The fourth-order valence-electron chi connectivity index (χ4n) is 7.91. The minimum absolute atomic E-state index is 0. The third kappa shape index (κ3) is 6.89. The van der Waals surface area contributed by atoms with Crippen molar-refractivity contribution in [1.29, 1.82) is 0 Å². The van der Waals surface area contributed by atoms with Crippen molar-refractivity contribution in [3.05, 3.63) is 162 Å². The molecular weight excluding hydrogens is 864 g/mol. The van der Waals surface area contributed by atoms with Crippen LogP contribution in [-0.2, 0) is 42.7 Å². The summed E-state index contributed by atoms with van der Waals surface area (Å²) in [6.07, 6.45) is 1.94. The molecule has 7 aromatic rings. The minimum Gasteiger partial charge on any atom is -0.493 e. The molecule has 2 aromatic heterocycles. The Hall–Kier alpha value is -4.66. The number of para-hydroxylation sites is 4. The van der Waals surface area contributed by atoms with Crippen molar-refractivity contribution >= 4 is 44.6 Å². The topological polar surface area (TPSA) is 24.3 Å². The summed E-state index contributed by atoms with van der Waals surface area (Å²) in [6.45, 7) is 27.4. The van der Waals surface area contributed by atoms with E-state index in [2.05, 4.69) is 219 Å². The first-order valence-electron chi connectivity index (χ1n) is 19.6. The molecule has 0 atom stereocenters. The van der Waals surface area contributed by atoms with E-state index in [1.807, 2.05) is 6.20 Å². The van der Waals surface area contributed by atoms with E-state index in [4.69, 9.17) is 4.98 Å². The summed E-state index contributed by atoms with van der Waals surface area (Å²) in [6, 6.07) is 47.6. The van der Waals surface area contributed by atoms with Gasteiger partial charge in [-0.15, -0.1) is 23.8 Å². The summed E-state index contributed by atoms with van der Waals surface area (Å²) in [5, 5.41) is 2.37. The van der Waals surface area contributed by atoms with E-state index < -0.39 is 5.41 Å². The molecule has 8 rings (SSSR count). The van der Waals surface area contributed by atoms with Crippen molar-refractivity contribution in [1.82, 2.24) is 9.55 Å². The van der Waals surface area contributed by atoms with Crippen molar-refractivity contribution in [3.63, 3.8) is 0 Å². The van der Waals surface area contributed by atoms with Gasteiger partial charge in [0, 0.05) is 49.8 Å². The van der Waals surface area contributed by atoms with Crippen LogP contribution in [0.3, 0.4) is 0 Å². The third-order valence-electron chi connectivity index (χ3n) is 11.4. The smallest absolute Gasteiger partial charge is 0.135 e. The van der Waals surface area contributed by atoms with Gasteiger partial charge in [-0.25, -0.2) is 4.98 Å². The molecule has 0 saturated heterocycles. The first-order valence-corrected chi connectivity index (χ1v) is 19.6. The van der Waals surface area contributed by atoms with E-state index >= 15 is 0 Å². The van der Waals surface area contributed by atoms with E-state index in [0.29, 0.717) is 0 Å². The first kappa shape index (κ1) is 39.6. The van der Waals surface area contributed by atoms with Crippen LogP contribution in [0.25, 0.3) is 27.6 Å². The molecule has 0 saturated carbocycles. The number of hydrogen-bond acceptors (Lipinski definition) is 3. The van der Waals surface area contributed by atoms with Gasteiger partial charge in [0.2, 0.25) is 0 Å². The van der Waals surface area contributed by atoms with Gasteiger partial charge in [0.05, 0.1) is 0 Å². The molecule has 0 N–H and O–H groups in total. The van der Waals surface area contributed by atoms with Crippen LogP contribution in [0.1, 0.15) is 104 Å². The number of pyridine rings is 1. The molecular formula is C51H53N4Pt-3. The monoisotopic (exact) mass is 916 g/mol. The Labute approximate surface area is 348 Å². The van der Waals surface area contributed by atoms with Gasteiger partial charge in [-0.05, 0) is 74.6 Å². The predicted octanol–water partition coefficient (Wildman–Crippen LogP) is 13.4. The zero-order valence-electron chi connectivity index (χ0n) is 34.7. The van der Waals surface area contributed by atoms with Crippen LogP contribution in [0.4, 0.5) is 22.7 Å². The largest absolute Gasteiger partial charge is 0.493 e. The van der Waals surface area contributed by atoms with Crippen LogP contribution >= 0.6 is 0 Å². The maximum absolute atomic E-state index is 4.93. The molecule has 56 heavy (non-hydrogen) atoms. The minimum atomic E-state index is -0.427. The Morgan fingerprint density at radius 2 is 1.16 bits per heavy atom. The molecule has 0 amide bonds. The molecule has 5 heteroatoms. The average Bonchev–Trinajstić information content (AvgIpc) is 3.70.